The molecule has 0 spiro atoms. The Bertz CT molecular complexity index is 1660. The topological polar surface area (TPSA) is 104 Å². The van der Waals surface area contributed by atoms with Gasteiger partial charge in [-0.1, -0.05) is 48.5 Å². The van der Waals surface area contributed by atoms with Crippen molar-refractivity contribution in [2.24, 2.45) is 0 Å². The molecule has 6 rings (SSSR count). The van der Waals surface area contributed by atoms with Crippen LogP contribution in [0, 0.1) is 0 Å². The monoisotopic (exact) mass is 570 g/mol. The van der Waals surface area contributed by atoms with Gasteiger partial charge in [0.1, 0.15) is 17.8 Å². The molecule has 0 radical (unpaired) electrons. The van der Waals surface area contributed by atoms with Crippen molar-refractivity contribution in [1.29, 1.82) is 0 Å². The highest BCUT2D eigenvalue weighted by atomic mass is 32.2. The van der Waals surface area contributed by atoms with Gasteiger partial charge in [-0.05, 0) is 49.6 Å². The summed E-state index contributed by atoms with van der Waals surface area (Å²) in [5.41, 5.74) is 3.10. The summed E-state index contributed by atoms with van der Waals surface area (Å²) in [5, 5.41) is 0. The highest BCUT2D eigenvalue weighted by Crippen LogP contribution is 2.37. The third-order valence-electron chi connectivity index (χ3n) is 7.47. The van der Waals surface area contributed by atoms with Crippen molar-refractivity contribution in [3.05, 3.63) is 114 Å². The summed E-state index contributed by atoms with van der Waals surface area (Å²) in [5.74, 6) is 1.37. The summed E-state index contributed by atoms with van der Waals surface area (Å²) in [7, 11) is -3.68. The summed E-state index contributed by atoms with van der Waals surface area (Å²) in [6.07, 6.45) is 6.18. The molecule has 0 bridgehead atoms. The second-order valence-corrected chi connectivity index (χ2v) is 12.1. The van der Waals surface area contributed by atoms with Gasteiger partial charge in [0.25, 0.3) is 0 Å². The standard InChI is InChI=1S/C31H30N4O5S/c1-22(36)24-10-12-27(13-11-24)41(37,38)34-17-14-25(15-18-34)30-33-20-29(28-9-5-6-16-32-28)35(30)31-39-21-26(40-31)19-23-7-3-2-4-8-23/h2-13,16,20-21,25,31H,14-15,17-19H2,1H3. The molecule has 2 aliphatic rings. The molecule has 1 saturated heterocycles. The highest BCUT2D eigenvalue weighted by molar-refractivity contribution is 7.89. The molecular formula is C31H30N4O5S. The highest BCUT2D eigenvalue weighted by Gasteiger charge is 2.35. The molecule has 1 atom stereocenters. The van der Waals surface area contributed by atoms with Crippen LogP contribution in [0.1, 0.15) is 53.8 Å². The van der Waals surface area contributed by atoms with E-state index in [2.05, 4.69) is 4.98 Å². The van der Waals surface area contributed by atoms with Crippen LogP contribution in [0.5, 0.6) is 0 Å². The molecule has 210 valence electrons. The van der Waals surface area contributed by atoms with Crippen LogP contribution in [0.25, 0.3) is 11.4 Å². The van der Waals surface area contributed by atoms with Gasteiger partial charge in [-0.2, -0.15) is 4.31 Å². The smallest absolute Gasteiger partial charge is 0.332 e. The number of piperidine rings is 1. The average molecular weight is 571 g/mol. The number of benzene rings is 2. The normalized spacial score (nSPS) is 18.0. The summed E-state index contributed by atoms with van der Waals surface area (Å²) in [6.45, 7) is 2.15. The van der Waals surface area contributed by atoms with E-state index in [4.69, 9.17) is 14.5 Å². The zero-order valence-corrected chi connectivity index (χ0v) is 23.4. The van der Waals surface area contributed by atoms with Gasteiger partial charge in [-0.3, -0.25) is 14.3 Å². The lowest BCUT2D eigenvalue weighted by Gasteiger charge is -2.31. The third-order valence-corrected chi connectivity index (χ3v) is 9.38. The number of sulfonamides is 1. The molecule has 0 amide bonds. The number of ether oxygens (including phenoxy) is 2. The van der Waals surface area contributed by atoms with E-state index in [0.29, 0.717) is 43.7 Å². The number of nitrogens with zero attached hydrogens (tertiary/aromatic N) is 4. The largest absolute Gasteiger partial charge is 0.441 e. The van der Waals surface area contributed by atoms with Gasteiger partial charge in [0, 0.05) is 37.2 Å². The van der Waals surface area contributed by atoms with Crippen LogP contribution in [0.15, 0.2) is 102 Å². The van der Waals surface area contributed by atoms with Crippen LogP contribution in [-0.4, -0.2) is 46.1 Å². The molecule has 10 heteroatoms. The maximum absolute atomic E-state index is 13.3. The summed E-state index contributed by atoms with van der Waals surface area (Å²) < 4.78 is 42.4. The molecule has 0 saturated carbocycles. The number of carbonyl (C=O) groups excluding carboxylic acids is 1. The van der Waals surface area contributed by atoms with E-state index in [1.165, 1.54) is 23.4 Å². The first-order valence-electron chi connectivity index (χ1n) is 13.5. The Morgan fingerprint density at radius 2 is 1.68 bits per heavy atom. The first-order chi connectivity index (χ1) is 19.9. The van der Waals surface area contributed by atoms with Gasteiger partial charge in [0.2, 0.25) is 10.0 Å². The van der Waals surface area contributed by atoms with Crippen molar-refractivity contribution in [3.8, 4) is 11.4 Å². The molecule has 2 aliphatic heterocycles. The summed E-state index contributed by atoms with van der Waals surface area (Å²) in [4.78, 5) is 21.1. The Hall–Kier alpha value is -4.28. The summed E-state index contributed by atoms with van der Waals surface area (Å²) in [6, 6.07) is 21.8. The lowest BCUT2D eigenvalue weighted by atomic mass is 9.97. The summed E-state index contributed by atoms with van der Waals surface area (Å²) >= 11 is 0. The SMILES string of the molecule is CC(=O)c1ccc(S(=O)(=O)N2CCC(c3ncc(-c4ccccn4)n3C3OC=C(Cc4ccccc4)O3)CC2)cc1. The minimum Gasteiger partial charge on any atom is -0.441 e. The van der Waals surface area contributed by atoms with Gasteiger partial charge >= 0.3 is 6.41 Å². The van der Waals surface area contributed by atoms with Crippen molar-refractivity contribution in [2.75, 3.05) is 13.1 Å². The number of allylic oxidation sites excluding steroid dienone is 1. The number of Topliss-reactive ketones (excluding diaryl/α,β-unsaturated/α-hetero) is 1. The number of ketones is 1. The maximum Gasteiger partial charge on any atom is 0.332 e. The lowest BCUT2D eigenvalue weighted by molar-refractivity contribution is -0.0936. The molecule has 1 fully saturated rings. The molecule has 2 aromatic carbocycles. The predicted molar refractivity (Wildman–Crippen MR) is 152 cm³/mol. The molecule has 2 aromatic heterocycles. The van der Waals surface area contributed by atoms with E-state index in [9.17, 15) is 13.2 Å². The fourth-order valence-electron chi connectivity index (χ4n) is 5.28. The fourth-order valence-corrected chi connectivity index (χ4v) is 6.75. The van der Waals surface area contributed by atoms with E-state index in [-0.39, 0.29) is 16.6 Å². The molecule has 41 heavy (non-hydrogen) atoms. The molecule has 1 unspecified atom stereocenters. The van der Waals surface area contributed by atoms with E-state index in [1.54, 1.807) is 30.8 Å². The van der Waals surface area contributed by atoms with Crippen molar-refractivity contribution < 1.29 is 22.7 Å². The van der Waals surface area contributed by atoms with Crippen LogP contribution < -0.4 is 0 Å². The zero-order valence-electron chi connectivity index (χ0n) is 22.6. The number of imidazole rings is 1. The Kier molecular flexibility index (Phi) is 7.42. The molecule has 4 heterocycles. The average Bonchev–Trinajstić information content (AvgIpc) is 3.65. The minimum absolute atomic E-state index is 0.00984. The molecular weight excluding hydrogens is 540 g/mol. The number of carbonyl (C=O) groups is 1. The zero-order chi connectivity index (χ0) is 28.4. The minimum atomic E-state index is -3.68. The Balaban J connectivity index is 1.22. The van der Waals surface area contributed by atoms with Gasteiger partial charge in [-0.15, -0.1) is 0 Å². The first-order valence-corrected chi connectivity index (χ1v) is 15.0. The van der Waals surface area contributed by atoms with Crippen LogP contribution in [0.2, 0.25) is 0 Å². The van der Waals surface area contributed by atoms with Gasteiger partial charge in [0.05, 0.1) is 22.5 Å². The predicted octanol–water partition coefficient (Wildman–Crippen LogP) is 5.30. The van der Waals surface area contributed by atoms with Crippen molar-refractivity contribution in [3.63, 3.8) is 0 Å². The lowest BCUT2D eigenvalue weighted by Crippen LogP contribution is -2.38. The Labute approximate surface area is 239 Å². The molecule has 4 aromatic rings. The van der Waals surface area contributed by atoms with Gasteiger partial charge in [-0.25, -0.2) is 13.4 Å². The third kappa shape index (κ3) is 5.53. The van der Waals surface area contributed by atoms with E-state index in [1.807, 2.05) is 53.1 Å². The molecule has 0 aliphatic carbocycles. The van der Waals surface area contributed by atoms with E-state index in [0.717, 1.165) is 22.8 Å². The van der Waals surface area contributed by atoms with Crippen molar-refractivity contribution in [1.82, 2.24) is 18.8 Å². The van der Waals surface area contributed by atoms with Crippen LogP contribution in [0.3, 0.4) is 0 Å². The quantitative estimate of drug-likeness (QED) is 0.265. The number of hydrogen-bond acceptors (Lipinski definition) is 7. The number of aromatic nitrogens is 3. The van der Waals surface area contributed by atoms with Crippen molar-refractivity contribution in [2.45, 2.75) is 43.4 Å². The molecule has 0 N–H and O–H groups in total. The number of pyridine rings is 1. The van der Waals surface area contributed by atoms with E-state index < -0.39 is 16.4 Å². The van der Waals surface area contributed by atoms with Gasteiger partial charge in [0.15, 0.2) is 5.78 Å². The second kappa shape index (κ2) is 11.3. The van der Waals surface area contributed by atoms with E-state index >= 15 is 0 Å². The van der Waals surface area contributed by atoms with Crippen LogP contribution >= 0.6 is 0 Å². The fraction of sp³-hybridized carbons (Fsp3) is 0.258. The van der Waals surface area contributed by atoms with Crippen molar-refractivity contribution >= 4 is 15.8 Å². The van der Waals surface area contributed by atoms with Crippen LogP contribution in [0.4, 0.5) is 0 Å². The maximum atomic E-state index is 13.3. The second-order valence-electron chi connectivity index (χ2n) is 10.2. The Morgan fingerprint density at radius 3 is 2.37 bits per heavy atom. The Morgan fingerprint density at radius 1 is 0.951 bits per heavy atom. The van der Waals surface area contributed by atoms with Crippen LogP contribution in [-0.2, 0) is 25.9 Å². The first kappa shape index (κ1) is 26.9. The number of hydrogen-bond donors (Lipinski definition) is 0. The number of rotatable bonds is 8. The molecule has 9 nitrogen and oxygen atoms in total. The van der Waals surface area contributed by atoms with Gasteiger partial charge < -0.3 is 9.47 Å².